The van der Waals surface area contributed by atoms with E-state index in [0.717, 1.165) is 68.3 Å². The van der Waals surface area contributed by atoms with Gasteiger partial charge in [0.1, 0.15) is 0 Å². The van der Waals surface area contributed by atoms with E-state index in [1.54, 1.807) is 6.07 Å². The number of hydrogen-bond acceptors (Lipinski definition) is 4. The number of carbonyl (C=O) groups is 1. The number of nitrogens with zero attached hydrogens (tertiary/aromatic N) is 1. The van der Waals surface area contributed by atoms with Crippen LogP contribution >= 0.6 is 0 Å². The molecular formula is C23H31N3O3S. The Kier molecular flexibility index (Phi) is 7.87. The molecule has 1 heterocycles. The average molecular weight is 430 g/mol. The van der Waals surface area contributed by atoms with Crippen LogP contribution in [0.25, 0.3) is 0 Å². The Balaban J connectivity index is 1.47. The summed E-state index contributed by atoms with van der Waals surface area (Å²) in [6, 6.07) is 15.3. The number of aryl methyl sites for hydroxylation is 1. The molecule has 2 aromatic carbocycles. The zero-order valence-corrected chi connectivity index (χ0v) is 18.4. The Morgan fingerprint density at radius 2 is 1.80 bits per heavy atom. The van der Waals surface area contributed by atoms with Crippen molar-refractivity contribution in [3.63, 3.8) is 0 Å². The molecule has 3 rings (SSSR count). The van der Waals surface area contributed by atoms with Gasteiger partial charge in [-0.05, 0) is 68.0 Å². The highest BCUT2D eigenvalue weighted by Gasteiger charge is 2.18. The fourth-order valence-corrected chi connectivity index (χ4v) is 4.37. The molecule has 1 aliphatic heterocycles. The van der Waals surface area contributed by atoms with Gasteiger partial charge in [-0.25, -0.2) is 8.42 Å². The number of benzene rings is 2. The highest BCUT2D eigenvalue weighted by molar-refractivity contribution is 7.92. The third-order valence-electron chi connectivity index (χ3n) is 5.26. The third-order valence-corrected chi connectivity index (χ3v) is 5.85. The van der Waals surface area contributed by atoms with Crippen LogP contribution in [0, 0.1) is 0 Å². The first kappa shape index (κ1) is 22.3. The highest BCUT2D eigenvalue weighted by Crippen LogP contribution is 2.18. The Labute approximate surface area is 179 Å². The monoisotopic (exact) mass is 429 g/mol. The number of anilines is 1. The zero-order valence-electron chi connectivity index (χ0n) is 17.6. The molecule has 162 valence electrons. The van der Waals surface area contributed by atoms with Crippen molar-refractivity contribution in [1.82, 2.24) is 10.2 Å². The average Bonchev–Trinajstić information content (AvgIpc) is 2.74. The maximum absolute atomic E-state index is 12.7. The molecule has 6 nitrogen and oxygen atoms in total. The predicted molar refractivity (Wildman–Crippen MR) is 121 cm³/mol. The molecule has 2 N–H and O–H groups in total. The van der Waals surface area contributed by atoms with Gasteiger partial charge in [-0.2, -0.15) is 0 Å². The summed E-state index contributed by atoms with van der Waals surface area (Å²) in [5.41, 5.74) is 3.48. The molecule has 1 amide bonds. The Hall–Kier alpha value is -2.38. The second kappa shape index (κ2) is 10.6. The van der Waals surface area contributed by atoms with E-state index in [2.05, 4.69) is 10.0 Å². The van der Waals surface area contributed by atoms with Crippen molar-refractivity contribution in [2.75, 3.05) is 30.6 Å². The molecule has 0 saturated carbocycles. The Bertz CT molecular complexity index is 954. The van der Waals surface area contributed by atoms with Crippen LogP contribution in [-0.4, -0.2) is 45.1 Å². The van der Waals surface area contributed by atoms with Gasteiger partial charge in [-0.1, -0.05) is 30.3 Å². The van der Waals surface area contributed by atoms with E-state index in [9.17, 15) is 13.2 Å². The topological polar surface area (TPSA) is 78.5 Å². The molecule has 0 aromatic heterocycles. The lowest BCUT2D eigenvalue weighted by Gasteiger charge is -2.26. The number of amides is 1. The maximum atomic E-state index is 12.7. The summed E-state index contributed by atoms with van der Waals surface area (Å²) in [7, 11) is -3.29. The minimum absolute atomic E-state index is 0.131. The molecule has 7 heteroatoms. The molecule has 2 aromatic rings. The van der Waals surface area contributed by atoms with Crippen molar-refractivity contribution in [2.24, 2.45) is 0 Å². The van der Waals surface area contributed by atoms with Crippen LogP contribution in [0.4, 0.5) is 5.69 Å². The second-order valence-electron chi connectivity index (χ2n) is 7.86. The number of carbonyl (C=O) groups excluding carboxylic acids is 1. The van der Waals surface area contributed by atoms with E-state index in [1.165, 1.54) is 6.42 Å². The Morgan fingerprint density at radius 3 is 2.57 bits per heavy atom. The van der Waals surface area contributed by atoms with Crippen LogP contribution in [0.1, 0.15) is 47.2 Å². The molecule has 1 saturated heterocycles. The lowest BCUT2D eigenvalue weighted by molar-refractivity contribution is 0.0724. The highest BCUT2D eigenvalue weighted by atomic mass is 32.2. The first-order valence-corrected chi connectivity index (χ1v) is 12.5. The number of likely N-dealkylation sites (tertiary alicyclic amines) is 1. The summed E-state index contributed by atoms with van der Waals surface area (Å²) in [6.45, 7) is 3.22. The van der Waals surface area contributed by atoms with Crippen molar-refractivity contribution in [1.29, 1.82) is 0 Å². The lowest BCUT2D eigenvalue weighted by atomic mass is 10.1. The van der Waals surface area contributed by atoms with Crippen LogP contribution in [0.15, 0.2) is 48.5 Å². The van der Waals surface area contributed by atoms with E-state index in [4.69, 9.17) is 0 Å². The molecule has 0 aliphatic carbocycles. The molecule has 1 aliphatic rings. The molecule has 0 bridgehead atoms. The van der Waals surface area contributed by atoms with E-state index in [-0.39, 0.29) is 5.91 Å². The van der Waals surface area contributed by atoms with Gasteiger partial charge >= 0.3 is 0 Å². The summed E-state index contributed by atoms with van der Waals surface area (Å²) >= 11 is 0. The Morgan fingerprint density at radius 1 is 1.03 bits per heavy atom. The molecule has 1 fully saturated rings. The maximum Gasteiger partial charge on any atom is 0.253 e. The van der Waals surface area contributed by atoms with Crippen LogP contribution < -0.4 is 10.0 Å². The van der Waals surface area contributed by atoms with Crippen molar-refractivity contribution in [2.45, 2.75) is 38.6 Å². The largest absolute Gasteiger partial charge is 0.339 e. The van der Waals surface area contributed by atoms with Crippen molar-refractivity contribution in [3.8, 4) is 0 Å². The summed E-state index contributed by atoms with van der Waals surface area (Å²) in [6.07, 6.45) is 6.22. The molecule has 0 unspecified atom stereocenters. The van der Waals surface area contributed by atoms with Crippen molar-refractivity contribution < 1.29 is 13.2 Å². The van der Waals surface area contributed by atoms with Gasteiger partial charge in [0.15, 0.2) is 0 Å². The minimum Gasteiger partial charge on any atom is -0.339 e. The summed E-state index contributed by atoms with van der Waals surface area (Å²) in [5, 5.41) is 3.42. The summed E-state index contributed by atoms with van der Waals surface area (Å²) < 4.78 is 25.6. The molecule has 0 radical (unpaired) electrons. The summed E-state index contributed by atoms with van der Waals surface area (Å²) in [4.78, 5) is 14.6. The minimum atomic E-state index is -3.29. The van der Waals surface area contributed by atoms with Gasteiger partial charge in [0, 0.05) is 25.2 Å². The lowest BCUT2D eigenvalue weighted by Crippen LogP contribution is -2.35. The van der Waals surface area contributed by atoms with Gasteiger partial charge in [0.2, 0.25) is 10.0 Å². The molecule has 0 atom stereocenters. The number of rotatable bonds is 9. The molecule has 0 spiro atoms. The number of para-hydroxylation sites is 1. The van der Waals surface area contributed by atoms with E-state index in [0.29, 0.717) is 12.2 Å². The first-order valence-electron chi connectivity index (χ1n) is 10.6. The van der Waals surface area contributed by atoms with E-state index in [1.807, 2.05) is 47.4 Å². The quantitative estimate of drug-likeness (QED) is 0.599. The fourth-order valence-electron chi connectivity index (χ4n) is 3.77. The van der Waals surface area contributed by atoms with Gasteiger partial charge in [0.05, 0.1) is 11.9 Å². The van der Waals surface area contributed by atoms with Gasteiger partial charge < -0.3 is 10.2 Å². The van der Waals surface area contributed by atoms with Crippen LogP contribution in [-0.2, 0) is 23.0 Å². The number of hydrogen-bond donors (Lipinski definition) is 2. The molecule has 30 heavy (non-hydrogen) atoms. The van der Waals surface area contributed by atoms with E-state index < -0.39 is 10.0 Å². The van der Waals surface area contributed by atoms with Crippen molar-refractivity contribution in [3.05, 3.63) is 65.2 Å². The fraction of sp³-hybridized carbons (Fsp3) is 0.435. The third kappa shape index (κ3) is 6.85. The smallest absolute Gasteiger partial charge is 0.253 e. The predicted octanol–water partition coefficient (Wildman–Crippen LogP) is 3.41. The van der Waals surface area contributed by atoms with Crippen LogP contribution in [0.3, 0.4) is 0 Å². The van der Waals surface area contributed by atoms with Crippen molar-refractivity contribution >= 4 is 21.6 Å². The van der Waals surface area contributed by atoms with Gasteiger partial charge in [-0.3, -0.25) is 9.52 Å². The normalized spacial score (nSPS) is 14.5. The number of nitrogens with one attached hydrogen (secondary N) is 2. The zero-order chi connectivity index (χ0) is 21.4. The standard InChI is InChI=1S/C23H31N3O3S/c1-30(28,29)25-22-13-4-3-10-20(22)12-8-14-24-18-19-9-7-11-21(17-19)23(27)26-15-5-2-6-16-26/h3-4,7,9-11,13,17,24-25H,2,5-6,8,12,14-16,18H2,1H3. The number of piperidine rings is 1. The first-order chi connectivity index (χ1) is 14.4. The van der Waals surface area contributed by atoms with Crippen LogP contribution in [0.5, 0.6) is 0 Å². The molecular weight excluding hydrogens is 398 g/mol. The summed E-state index contributed by atoms with van der Waals surface area (Å²) in [5.74, 6) is 0.131. The second-order valence-corrected chi connectivity index (χ2v) is 9.61. The van der Waals surface area contributed by atoms with Gasteiger partial charge in [-0.15, -0.1) is 0 Å². The van der Waals surface area contributed by atoms with E-state index >= 15 is 0 Å². The SMILES string of the molecule is CS(=O)(=O)Nc1ccccc1CCCNCc1cccc(C(=O)N2CCCCC2)c1. The van der Waals surface area contributed by atoms with Gasteiger partial charge in [0.25, 0.3) is 5.91 Å². The van der Waals surface area contributed by atoms with Crippen LogP contribution in [0.2, 0.25) is 0 Å². The number of sulfonamides is 1.